The molecule has 0 saturated heterocycles. The van der Waals surface area contributed by atoms with E-state index in [1.165, 1.54) is 0 Å². The second kappa shape index (κ2) is 6.45. The van der Waals surface area contributed by atoms with E-state index in [2.05, 4.69) is 16.7 Å². The highest BCUT2D eigenvalue weighted by Gasteiger charge is 2.03. The summed E-state index contributed by atoms with van der Waals surface area (Å²) in [5, 5.41) is 0. The summed E-state index contributed by atoms with van der Waals surface area (Å²) in [7, 11) is 0. The molecule has 0 atom stereocenters. The average molecular weight is 248 g/mol. The zero-order valence-electron chi connectivity index (χ0n) is 11.0. The fourth-order valence-corrected chi connectivity index (χ4v) is 1.80. The molecule has 19 heavy (non-hydrogen) atoms. The summed E-state index contributed by atoms with van der Waals surface area (Å²) in [6.07, 6.45) is 1.98. The van der Waals surface area contributed by atoms with E-state index in [-0.39, 0.29) is 0 Å². The SMILES string of the molecule is C=N/C(=N\C(=C/C)c1ccccc1)c1ccccc1. The van der Waals surface area contributed by atoms with Crippen LogP contribution in [0, 0.1) is 0 Å². The summed E-state index contributed by atoms with van der Waals surface area (Å²) in [6.45, 7) is 5.58. The Balaban J connectivity index is 2.40. The van der Waals surface area contributed by atoms with E-state index in [9.17, 15) is 0 Å². The lowest BCUT2D eigenvalue weighted by Gasteiger charge is -2.04. The molecule has 0 aliphatic carbocycles. The van der Waals surface area contributed by atoms with Crippen LogP contribution >= 0.6 is 0 Å². The highest BCUT2D eigenvalue weighted by atomic mass is 14.9. The summed E-state index contributed by atoms with van der Waals surface area (Å²) < 4.78 is 0. The normalized spacial score (nSPS) is 12.3. The van der Waals surface area contributed by atoms with Gasteiger partial charge in [0.1, 0.15) is 0 Å². The van der Waals surface area contributed by atoms with Gasteiger partial charge in [-0.2, -0.15) is 0 Å². The van der Waals surface area contributed by atoms with Gasteiger partial charge in [0.15, 0.2) is 5.84 Å². The molecular weight excluding hydrogens is 232 g/mol. The first-order chi connectivity index (χ1) is 9.35. The quantitative estimate of drug-likeness (QED) is 0.574. The molecule has 0 amide bonds. The van der Waals surface area contributed by atoms with Crippen molar-refractivity contribution in [3.8, 4) is 0 Å². The molecule has 2 rings (SSSR count). The number of aliphatic imine (C=N–C) groups is 2. The minimum absolute atomic E-state index is 0.637. The lowest BCUT2D eigenvalue weighted by molar-refractivity contribution is 1.44. The van der Waals surface area contributed by atoms with E-state index >= 15 is 0 Å². The van der Waals surface area contributed by atoms with Gasteiger partial charge >= 0.3 is 0 Å². The van der Waals surface area contributed by atoms with E-state index in [1.807, 2.05) is 73.7 Å². The molecule has 0 radical (unpaired) electrons. The van der Waals surface area contributed by atoms with Crippen LogP contribution in [0.5, 0.6) is 0 Å². The Labute approximate surface area is 113 Å². The zero-order chi connectivity index (χ0) is 13.5. The third-order valence-corrected chi connectivity index (χ3v) is 2.75. The molecule has 2 nitrogen and oxygen atoms in total. The molecule has 2 aromatic rings. The van der Waals surface area contributed by atoms with Crippen LogP contribution < -0.4 is 0 Å². The smallest absolute Gasteiger partial charge is 0.159 e. The summed E-state index contributed by atoms with van der Waals surface area (Å²) in [5.74, 6) is 0.637. The number of amidine groups is 1. The van der Waals surface area contributed by atoms with Crippen LogP contribution in [-0.2, 0) is 0 Å². The first-order valence-electron chi connectivity index (χ1n) is 6.17. The van der Waals surface area contributed by atoms with Crippen molar-refractivity contribution in [1.82, 2.24) is 0 Å². The Morgan fingerprint density at radius 3 is 1.89 bits per heavy atom. The predicted octanol–water partition coefficient (Wildman–Crippen LogP) is 4.19. The van der Waals surface area contributed by atoms with E-state index in [0.29, 0.717) is 5.84 Å². The van der Waals surface area contributed by atoms with Crippen molar-refractivity contribution in [3.05, 3.63) is 77.9 Å². The lowest BCUT2D eigenvalue weighted by atomic mass is 10.1. The Kier molecular flexibility index (Phi) is 4.40. The molecule has 2 heteroatoms. The van der Waals surface area contributed by atoms with Gasteiger partial charge in [0, 0.05) is 5.56 Å². The van der Waals surface area contributed by atoms with E-state index in [4.69, 9.17) is 0 Å². The third-order valence-electron chi connectivity index (χ3n) is 2.75. The molecule has 0 aliphatic rings. The van der Waals surface area contributed by atoms with Gasteiger partial charge in [-0.25, -0.2) is 9.98 Å². The Morgan fingerprint density at radius 2 is 1.42 bits per heavy atom. The monoisotopic (exact) mass is 248 g/mol. The Bertz CT molecular complexity index is 596. The maximum Gasteiger partial charge on any atom is 0.159 e. The van der Waals surface area contributed by atoms with E-state index < -0.39 is 0 Å². The molecule has 0 N–H and O–H groups in total. The minimum atomic E-state index is 0.637. The van der Waals surface area contributed by atoms with Crippen LogP contribution in [-0.4, -0.2) is 12.6 Å². The maximum atomic E-state index is 4.60. The van der Waals surface area contributed by atoms with Crippen LogP contribution in [0.15, 0.2) is 76.7 Å². The topological polar surface area (TPSA) is 24.7 Å². The van der Waals surface area contributed by atoms with Crippen molar-refractivity contribution in [2.24, 2.45) is 9.98 Å². The van der Waals surface area contributed by atoms with E-state index in [0.717, 1.165) is 16.8 Å². The molecule has 0 heterocycles. The molecule has 2 aromatic carbocycles. The number of benzene rings is 2. The fraction of sp³-hybridized carbons (Fsp3) is 0.0588. The maximum absolute atomic E-state index is 4.60. The van der Waals surface area contributed by atoms with Crippen molar-refractivity contribution >= 4 is 18.3 Å². The second-order valence-corrected chi connectivity index (χ2v) is 4.00. The van der Waals surface area contributed by atoms with Gasteiger partial charge in [-0.15, -0.1) is 0 Å². The first-order valence-corrected chi connectivity index (χ1v) is 6.17. The molecule has 0 aromatic heterocycles. The molecular formula is C17H16N2. The highest BCUT2D eigenvalue weighted by Crippen LogP contribution is 2.17. The van der Waals surface area contributed by atoms with Crippen molar-refractivity contribution < 1.29 is 0 Å². The van der Waals surface area contributed by atoms with Gasteiger partial charge in [-0.3, -0.25) is 0 Å². The van der Waals surface area contributed by atoms with Crippen LogP contribution in [0.25, 0.3) is 5.70 Å². The minimum Gasteiger partial charge on any atom is -0.245 e. The third kappa shape index (κ3) is 3.26. The number of rotatable bonds is 3. The van der Waals surface area contributed by atoms with Gasteiger partial charge in [-0.1, -0.05) is 66.7 Å². The fourth-order valence-electron chi connectivity index (χ4n) is 1.80. The number of hydrogen-bond donors (Lipinski definition) is 0. The first kappa shape index (κ1) is 13.0. The molecule has 0 saturated carbocycles. The average Bonchev–Trinajstić information content (AvgIpc) is 2.50. The van der Waals surface area contributed by atoms with Crippen LogP contribution in [0.1, 0.15) is 18.1 Å². The largest absolute Gasteiger partial charge is 0.245 e. The van der Waals surface area contributed by atoms with Crippen molar-refractivity contribution in [2.45, 2.75) is 6.92 Å². The summed E-state index contributed by atoms with van der Waals surface area (Å²) in [4.78, 5) is 8.63. The van der Waals surface area contributed by atoms with Crippen molar-refractivity contribution in [1.29, 1.82) is 0 Å². The van der Waals surface area contributed by atoms with Gasteiger partial charge < -0.3 is 0 Å². The summed E-state index contributed by atoms with van der Waals surface area (Å²) in [5.41, 5.74) is 2.93. The number of allylic oxidation sites excluding steroid dienone is 1. The van der Waals surface area contributed by atoms with Crippen molar-refractivity contribution in [3.63, 3.8) is 0 Å². The lowest BCUT2D eigenvalue weighted by Crippen LogP contribution is -1.97. The predicted molar refractivity (Wildman–Crippen MR) is 82.6 cm³/mol. The Morgan fingerprint density at radius 1 is 0.895 bits per heavy atom. The standard InChI is InChI=1S/C17H16N2/c1-3-16(14-10-6-4-7-11-14)19-17(18-2)15-12-8-5-9-13-15/h3-13H,2H2,1H3/b16-3-,19-17-. The molecule has 0 unspecified atom stereocenters. The van der Waals surface area contributed by atoms with Gasteiger partial charge in [0.05, 0.1) is 5.70 Å². The molecule has 0 aliphatic heterocycles. The van der Waals surface area contributed by atoms with Crippen molar-refractivity contribution in [2.75, 3.05) is 0 Å². The molecule has 0 spiro atoms. The van der Waals surface area contributed by atoms with E-state index in [1.54, 1.807) is 0 Å². The summed E-state index contributed by atoms with van der Waals surface area (Å²) in [6, 6.07) is 19.9. The second-order valence-electron chi connectivity index (χ2n) is 4.00. The number of hydrogen-bond acceptors (Lipinski definition) is 1. The molecule has 0 fully saturated rings. The molecule has 94 valence electrons. The van der Waals surface area contributed by atoms with Gasteiger partial charge in [0.25, 0.3) is 0 Å². The van der Waals surface area contributed by atoms with Crippen LogP contribution in [0.2, 0.25) is 0 Å². The van der Waals surface area contributed by atoms with Crippen LogP contribution in [0.4, 0.5) is 0 Å². The summed E-state index contributed by atoms with van der Waals surface area (Å²) >= 11 is 0. The zero-order valence-corrected chi connectivity index (χ0v) is 11.0. The number of nitrogens with zero attached hydrogens (tertiary/aromatic N) is 2. The van der Waals surface area contributed by atoms with Gasteiger partial charge in [-0.05, 0) is 19.2 Å². The highest BCUT2D eigenvalue weighted by molar-refractivity contribution is 6.04. The van der Waals surface area contributed by atoms with Crippen LogP contribution in [0.3, 0.4) is 0 Å². The Hall–Kier alpha value is -2.48. The molecule has 0 bridgehead atoms. The van der Waals surface area contributed by atoms with Gasteiger partial charge in [0.2, 0.25) is 0 Å².